The third-order valence-corrected chi connectivity index (χ3v) is 3.45. The molecular weight excluding hydrogens is 316 g/mol. The first-order valence-electron chi connectivity index (χ1n) is 8.42. The fraction of sp³-hybridized carbons (Fsp3) is 0.300. The van der Waals surface area contributed by atoms with E-state index in [0.717, 1.165) is 17.1 Å². The Labute approximate surface area is 148 Å². The van der Waals surface area contributed by atoms with Gasteiger partial charge in [0, 0.05) is 23.5 Å². The highest BCUT2D eigenvalue weighted by Crippen LogP contribution is 2.20. The summed E-state index contributed by atoms with van der Waals surface area (Å²) in [5, 5.41) is 6.13. The van der Waals surface area contributed by atoms with Crippen molar-refractivity contribution in [2.75, 3.05) is 17.2 Å². The normalized spacial score (nSPS) is 10.4. The smallest absolute Gasteiger partial charge is 0.338 e. The molecule has 0 spiro atoms. The number of benzene rings is 2. The molecule has 0 fully saturated rings. The van der Waals surface area contributed by atoms with Crippen LogP contribution in [-0.2, 0) is 9.53 Å². The summed E-state index contributed by atoms with van der Waals surface area (Å²) in [5.41, 5.74) is 3.06. The molecular formula is C20H24N2O3. The summed E-state index contributed by atoms with van der Waals surface area (Å²) in [5.74, 6) is 0.0272. The number of amides is 1. The zero-order chi connectivity index (χ0) is 18.2. The van der Waals surface area contributed by atoms with E-state index in [1.165, 1.54) is 0 Å². The second-order valence-electron chi connectivity index (χ2n) is 6.15. The minimum Gasteiger partial charge on any atom is -0.462 e. The van der Waals surface area contributed by atoms with E-state index in [-0.39, 0.29) is 11.9 Å². The highest BCUT2D eigenvalue weighted by atomic mass is 16.5. The van der Waals surface area contributed by atoms with Crippen LogP contribution in [0, 0.1) is 5.92 Å². The first kappa shape index (κ1) is 18.5. The summed E-state index contributed by atoms with van der Waals surface area (Å²) in [6.07, 6.45) is 0.507. The molecule has 5 heteroatoms. The molecule has 2 rings (SSSR count). The van der Waals surface area contributed by atoms with Crippen LogP contribution in [0.15, 0.2) is 48.5 Å². The van der Waals surface area contributed by atoms with Crippen molar-refractivity contribution in [2.24, 2.45) is 5.92 Å². The van der Waals surface area contributed by atoms with E-state index in [2.05, 4.69) is 10.6 Å². The van der Waals surface area contributed by atoms with E-state index in [1.807, 2.05) is 50.2 Å². The van der Waals surface area contributed by atoms with Crippen molar-refractivity contribution in [1.29, 1.82) is 0 Å². The molecule has 0 saturated carbocycles. The van der Waals surface area contributed by atoms with Gasteiger partial charge in [0.15, 0.2) is 0 Å². The van der Waals surface area contributed by atoms with Crippen molar-refractivity contribution in [2.45, 2.75) is 27.2 Å². The Balaban J connectivity index is 1.94. The maximum atomic E-state index is 11.8. The van der Waals surface area contributed by atoms with E-state index in [9.17, 15) is 9.59 Å². The quantitative estimate of drug-likeness (QED) is 0.723. The van der Waals surface area contributed by atoms with Gasteiger partial charge < -0.3 is 15.4 Å². The van der Waals surface area contributed by atoms with E-state index >= 15 is 0 Å². The van der Waals surface area contributed by atoms with Crippen LogP contribution >= 0.6 is 0 Å². The van der Waals surface area contributed by atoms with Crippen LogP contribution in [0.4, 0.5) is 17.1 Å². The van der Waals surface area contributed by atoms with Crippen LogP contribution in [0.2, 0.25) is 0 Å². The Morgan fingerprint density at radius 1 is 0.920 bits per heavy atom. The van der Waals surface area contributed by atoms with Gasteiger partial charge in [0.05, 0.1) is 12.2 Å². The predicted octanol–water partition coefficient (Wildman–Crippen LogP) is 4.59. The summed E-state index contributed by atoms with van der Waals surface area (Å²) in [4.78, 5) is 23.4. The van der Waals surface area contributed by atoms with Crippen LogP contribution in [0.25, 0.3) is 0 Å². The molecule has 2 N–H and O–H groups in total. The Kier molecular flexibility index (Phi) is 6.57. The van der Waals surface area contributed by atoms with Gasteiger partial charge in [-0.3, -0.25) is 4.79 Å². The van der Waals surface area contributed by atoms with Crippen molar-refractivity contribution in [1.82, 2.24) is 0 Å². The first-order valence-corrected chi connectivity index (χ1v) is 8.42. The van der Waals surface area contributed by atoms with Crippen LogP contribution in [-0.4, -0.2) is 18.5 Å². The lowest BCUT2D eigenvalue weighted by atomic mass is 10.1. The topological polar surface area (TPSA) is 67.4 Å². The second-order valence-corrected chi connectivity index (χ2v) is 6.15. The van der Waals surface area contributed by atoms with Crippen molar-refractivity contribution in [3.05, 3.63) is 54.1 Å². The molecule has 0 saturated heterocycles. The molecule has 0 unspecified atom stereocenters. The van der Waals surface area contributed by atoms with Crippen LogP contribution in [0.1, 0.15) is 37.6 Å². The zero-order valence-electron chi connectivity index (χ0n) is 14.8. The minimum atomic E-state index is -0.324. The molecule has 2 aromatic carbocycles. The molecule has 0 atom stereocenters. The second kappa shape index (κ2) is 8.87. The molecule has 0 radical (unpaired) electrons. The summed E-state index contributed by atoms with van der Waals surface area (Å²) in [6.45, 7) is 6.17. The largest absolute Gasteiger partial charge is 0.462 e. The van der Waals surface area contributed by atoms with Crippen LogP contribution in [0.3, 0.4) is 0 Å². The summed E-state index contributed by atoms with van der Waals surface area (Å²) in [7, 11) is 0. The molecule has 0 bridgehead atoms. The predicted molar refractivity (Wildman–Crippen MR) is 100 cm³/mol. The Bertz CT molecular complexity index is 707. The lowest BCUT2D eigenvalue weighted by Crippen LogP contribution is -2.13. The molecule has 1 amide bonds. The van der Waals surface area contributed by atoms with Gasteiger partial charge in [-0.1, -0.05) is 13.8 Å². The van der Waals surface area contributed by atoms with E-state index < -0.39 is 0 Å². The Hall–Kier alpha value is -2.82. The fourth-order valence-corrected chi connectivity index (χ4v) is 2.29. The maximum absolute atomic E-state index is 11.8. The minimum absolute atomic E-state index is 0.0188. The standard InChI is InChI=1S/C20H24N2O3/c1-4-25-20(24)15-5-7-16(8-6-15)21-17-9-11-18(12-10-17)22-19(23)13-14(2)3/h5-12,14,21H,4,13H2,1-3H3,(H,22,23). The molecule has 2 aromatic rings. The average molecular weight is 340 g/mol. The molecule has 0 aliphatic rings. The molecule has 25 heavy (non-hydrogen) atoms. The lowest BCUT2D eigenvalue weighted by Gasteiger charge is -2.10. The third-order valence-electron chi connectivity index (χ3n) is 3.45. The van der Waals surface area contributed by atoms with Gasteiger partial charge in [0.25, 0.3) is 0 Å². The van der Waals surface area contributed by atoms with Crippen LogP contribution in [0.5, 0.6) is 0 Å². The number of carbonyl (C=O) groups excluding carboxylic acids is 2. The molecule has 0 aliphatic heterocycles. The highest BCUT2D eigenvalue weighted by molar-refractivity contribution is 5.91. The Morgan fingerprint density at radius 2 is 1.44 bits per heavy atom. The van der Waals surface area contributed by atoms with Crippen molar-refractivity contribution in [3.8, 4) is 0 Å². The lowest BCUT2D eigenvalue weighted by molar-refractivity contribution is -0.116. The van der Waals surface area contributed by atoms with Gasteiger partial charge in [0.2, 0.25) is 5.91 Å². The van der Waals surface area contributed by atoms with Gasteiger partial charge in [0.1, 0.15) is 0 Å². The molecule has 0 aliphatic carbocycles. The van der Waals surface area contributed by atoms with E-state index in [1.54, 1.807) is 19.1 Å². The molecule has 0 heterocycles. The number of hydrogen-bond donors (Lipinski definition) is 2. The SMILES string of the molecule is CCOC(=O)c1ccc(Nc2ccc(NC(=O)CC(C)C)cc2)cc1. The number of esters is 1. The average Bonchev–Trinajstić information content (AvgIpc) is 2.57. The summed E-state index contributed by atoms with van der Waals surface area (Å²) >= 11 is 0. The van der Waals surface area contributed by atoms with Crippen LogP contribution < -0.4 is 10.6 Å². The molecule has 5 nitrogen and oxygen atoms in total. The Morgan fingerprint density at radius 3 is 1.96 bits per heavy atom. The van der Waals surface area contributed by atoms with Gasteiger partial charge in [-0.25, -0.2) is 4.79 Å². The van der Waals surface area contributed by atoms with Crippen molar-refractivity contribution >= 4 is 28.9 Å². The number of nitrogens with one attached hydrogen (secondary N) is 2. The number of anilines is 3. The number of ether oxygens (including phenoxy) is 1. The number of carbonyl (C=O) groups is 2. The van der Waals surface area contributed by atoms with Gasteiger partial charge in [-0.2, -0.15) is 0 Å². The van der Waals surface area contributed by atoms with E-state index in [0.29, 0.717) is 24.5 Å². The van der Waals surface area contributed by atoms with E-state index in [4.69, 9.17) is 4.74 Å². The van der Waals surface area contributed by atoms with Gasteiger partial charge >= 0.3 is 5.97 Å². The monoisotopic (exact) mass is 340 g/mol. The summed E-state index contributed by atoms with van der Waals surface area (Å²) in [6, 6.07) is 14.6. The summed E-state index contributed by atoms with van der Waals surface area (Å²) < 4.78 is 4.96. The molecule has 0 aromatic heterocycles. The molecule has 132 valence electrons. The maximum Gasteiger partial charge on any atom is 0.338 e. The first-order chi connectivity index (χ1) is 12.0. The number of hydrogen-bond acceptors (Lipinski definition) is 4. The van der Waals surface area contributed by atoms with Crippen molar-refractivity contribution < 1.29 is 14.3 Å². The van der Waals surface area contributed by atoms with Gasteiger partial charge in [-0.15, -0.1) is 0 Å². The van der Waals surface area contributed by atoms with Gasteiger partial charge in [-0.05, 0) is 61.4 Å². The third kappa shape index (κ3) is 5.95. The number of rotatable bonds is 7. The highest BCUT2D eigenvalue weighted by Gasteiger charge is 2.07. The van der Waals surface area contributed by atoms with Crippen molar-refractivity contribution in [3.63, 3.8) is 0 Å². The fourth-order valence-electron chi connectivity index (χ4n) is 2.29. The zero-order valence-corrected chi connectivity index (χ0v) is 14.8.